The molecule has 0 fully saturated rings. The lowest BCUT2D eigenvalue weighted by atomic mass is 10.0. The molecule has 6 nitrogen and oxygen atoms in total. The smallest absolute Gasteiger partial charge is 0.306 e. The maximum absolute atomic E-state index is 12.7. The minimum atomic E-state index is -0.762. The molecule has 0 N–H and O–H groups in total. The van der Waals surface area contributed by atoms with Crippen molar-refractivity contribution in [2.24, 2.45) is 0 Å². The van der Waals surface area contributed by atoms with Gasteiger partial charge in [0.1, 0.15) is 13.2 Å². The highest BCUT2D eigenvalue weighted by Crippen LogP contribution is 2.16. The third kappa shape index (κ3) is 45.2. The van der Waals surface area contributed by atoms with E-state index >= 15 is 0 Å². The third-order valence-electron chi connectivity index (χ3n) is 11.5. The standard InChI is InChI=1S/C52H98O6/c1-4-7-10-13-16-18-20-22-23-24-25-26-27-28-29-30-32-33-36-39-42-45-51(54)57-48-49(47-56-50(53)44-41-38-35-15-12-9-6-3)58-52(55)46-43-40-37-34-31-21-19-17-14-11-8-5-2/h24-25,49H,4-23,26-48H2,1-3H3/b25-24-. The molecule has 0 aromatic carbocycles. The molecule has 0 spiro atoms. The van der Waals surface area contributed by atoms with E-state index in [1.165, 1.54) is 186 Å². The van der Waals surface area contributed by atoms with E-state index < -0.39 is 6.10 Å². The number of carbonyl (C=O) groups is 3. The summed E-state index contributed by atoms with van der Waals surface area (Å²) < 4.78 is 16.7. The van der Waals surface area contributed by atoms with Crippen molar-refractivity contribution in [1.82, 2.24) is 0 Å². The van der Waals surface area contributed by atoms with Gasteiger partial charge in [0.25, 0.3) is 0 Å². The van der Waals surface area contributed by atoms with Crippen molar-refractivity contribution in [3.63, 3.8) is 0 Å². The lowest BCUT2D eigenvalue weighted by molar-refractivity contribution is -0.167. The molecule has 0 saturated carbocycles. The van der Waals surface area contributed by atoms with E-state index in [1.54, 1.807) is 0 Å². The summed E-state index contributed by atoms with van der Waals surface area (Å²) in [7, 11) is 0. The van der Waals surface area contributed by atoms with Gasteiger partial charge in [0.15, 0.2) is 6.10 Å². The zero-order valence-corrected chi connectivity index (χ0v) is 39.1. The van der Waals surface area contributed by atoms with Crippen molar-refractivity contribution in [2.45, 2.75) is 290 Å². The molecule has 0 aromatic rings. The summed E-state index contributed by atoms with van der Waals surface area (Å²) in [4.78, 5) is 37.7. The molecule has 0 aliphatic carbocycles. The normalized spacial score (nSPS) is 12.0. The van der Waals surface area contributed by atoms with E-state index in [4.69, 9.17) is 14.2 Å². The molecule has 0 heterocycles. The topological polar surface area (TPSA) is 78.9 Å². The van der Waals surface area contributed by atoms with E-state index in [9.17, 15) is 14.4 Å². The highest BCUT2D eigenvalue weighted by molar-refractivity contribution is 5.71. The lowest BCUT2D eigenvalue weighted by Gasteiger charge is -2.18. The third-order valence-corrected chi connectivity index (χ3v) is 11.5. The van der Waals surface area contributed by atoms with E-state index in [1.807, 2.05) is 0 Å². The largest absolute Gasteiger partial charge is 0.462 e. The molecule has 0 saturated heterocycles. The summed E-state index contributed by atoms with van der Waals surface area (Å²) in [6, 6.07) is 0. The van der Waals surface area contributed by atoms with Crippen LogP contribution in [0, 0.1) is 0 Å². The fraction of sp³-hybridized carbons (Fsp3) is 0.904. The molecule has 0 aliphatic heterocycles. The van der Waals surface area contributed by atoms with Gasteiger partial charge in [0.2, 0.25) is 0 Å². The number of esters is 3. The highest BCUT2D eigenvalue weighted by Gasteiger charge is 2.19. The monoisotopic (exact) mass is 819 g/mol. The molecule has 0 rings (SSSR count). The van der Waals surface area contributed by atoms with Crippen LogP contribution < -0.4 is 0 Å². The van der Waals surface area contributed by atoms with Gasteiger partial charge in [0, 0.05) is 19.3 Å². The molecule has 0 radical (unpaired) electrons. The first-order valence-electron chi connectivity index (χ1n) is 25.7. The Morgan fingerprint density at radius 1 is 0.328 bits per heavy atom. The molecule has 6 heteroatoms. The van der Waals surface area contributed by atoms with E-state index in [2.05, 4.69) is 32.9 Å². The van der Waals surface area contributed by atoms with Crippen LogP contribution in [0.5, 0.6) is 0 Å². The van der Waals surface area contributed by atoms with Crippen molar-refractivity contribution in [3.8, 4) is 0 Å². The van der Waals surface area contributed by atoms with Gasteiger partial charge in [-0.25, -0.2) is 0 Å². The number of ether oxygens (including phenoxy) is 3. The van der Waals surface area contributed by atoms with Crippen LogP contribution in [-0.2, 0) is 28.6 Å². The average molecular weight is 819 g/mol. The Kier molecular flexibility index (Phi) is 46.3. The Bertz CT molecular complexity index is 900. The van der Waals surface area contributed by atoms with Crippen molar-refractivity contribution >= 4 is 17.9 Å². The second-order valence-corrected chi connectivity index (χ2v) is 17.4. The number of hydrogen-bond donors (Lipinski definition) is 0. The van der Waals surface area contributed by atoms with Gasteiger partial charge in [-0.2, -0.15) is 0 Å². The second kappa shape index (κ2) is 47.8. The number of unbranched alkanes of at least 4 members (excludes halogenated alkanes) is 34. The van der Waals surface area contributed by atoms with E-state index in [0.717, 1.165) is 57.8 Å². The van der Waals surface area contributed by atoms with Crippen LogP contribution in [-0.4, -0.2) is 37.2 Å². The van der Waals surface area contributed by atoms with Gasteiger partial charge < -0.3 is 14.2 Å². The Morgan fingerprint density at radius 3 is 0.862 bits per heavy atom. The van der Waals surface area contributed by atoms with Crippen molar-refractivity contribution in [3.05, 3.63) is 12.2 Å². The van der Waals surface area contributed by atoms with Gasteiger partial charge in [-0.3, -0.25) is 14.4 Å². The van der Waals surface area contributed by atoms with Crippen LogP contribution in [0.25, 0.3) is 0 Å². The van der Waals surface area contributed by atoms with Gasteiger partial charge in [-0.15, -0.1) is 0 Å². The molecule has 0 aliphatic rings. The minimum Gasteiger partial charge on any atom is -0.462 e. The number of allylic oxidation sites excluding steroid dienone is 2. The molecule has 58 heavy (non-hydrogen) atoms. The Labute approximate surface area is 360 Å². The van der Waals surface area contributed by atoms with Gasteiger partial charge >= 0.3 is 17.9 Å². The molecule has 0 amide bonds. The highest BCUT2D eigenvalue weighted by atomic mass is 16.6. The SMILES string of the molecule is CCCCCCCCCC/C=C\CCCCCCCCCCCC(=O)OCC(COC(=O)CCCCCCCCC)OC(=O)CCCCCCCCCCCCCC. The summed E-state index contributed by atoms with van der Waals surface area (Å²) in [5.74, 6) is -0.862. The van der Waals surface area contributed by atoms with Crippen molar-refractivity contribution in [1.29, 1.82) is 0 Å². The van der Waals surface area contributed by atoms with Crippen molar-refractivity contribution < 1.29 is 28.6 Å². The molecule has 342 valence electrons. The summed E-state index contributed by atoms with van der Waals surface area (Å²) in [5, 5.41) is 0. The summed E-state index contributed by atoms with van der Waals surface area (Å²) in [6.45, 7) is 6.62. The van der Waals surface area contributed by atoms with Gasteiger partial charge in [0.05, 0.1) is 0 Å². The average Bonchev–Trinajstić information content (AvgIpc) is 3.22. The number of carbonyl (C=O) groups excluding carboxylic acids is 3. The molecule has 0 aromatic heterocycles. The first kappa shape index (κ1) is 56.1. The van der Waals surface area contributed by atoms with Crippen LogP contribution in [0.1, 0.15) is 284 Å². The zero-order valence-electron chi connectivity index (χ0n) is 39.1. The van der Waals surface area contributed by atoms with Crippen LogP contribution in [0.3, 0.4) is 0 Å². The minimum absolute atomic E-state index is 0.0666. The maximum Gasteiger partial charge on any atom is 0.306 e. The summed E-state index contributed by atoms with van der Waals surface area (Å²) in [5.41, 5.74) is 0. The van der Waals surface area contributed by atoms with Gasteiger partial charge in [-0.05, 0) is 44.9 Å². The molecule has 0 bridgehead atoms. The Balaban J connectivity index is 4.15. The van der Waals surface area contributed by atoms with Crippen LogP contribution >= 0.6 is 0 Å². The first-order valence-corrected chi connectivity index (χ1v) is 25.7. The Morgan fingerprint density at radius 2 is 0.569 bits per heavy atom. The summed E-state index contributed by atoms with van der Waals surface area (Å²) >= 11 is 0. The first-order chi connectivity index (χ1) is 28.5. The molecular formula is C52H98O6. The van der Waals surface area contributed by atoms with E-state index in [-0.39, 0.29) is 31.1 Å². The molecule has 1 unspecified atom stereocenters. The maximum atomic E-state index is 12.7. The predicted octanol–water partition coefficient (Wildman–Crippen LogP) is 16.6. The number of rotatable bonds is 47. The zero-order chi connectivity index (χ0) is 42.3. The second-order valence-electron chi connectivity index (χ2n) is 17.4. The Hall–Kier alpha value is -1.85. The van der Waals surface area contributed by atoms with Gasteiger partial charge in [-0.1, -0.05) is 232 Å². The van der Waals surface area contributed by atoms with Crippen LogP contribution in [0.15, 0.2) is 12.2 Å². The molecule has 1 atom stereocenters. The number of hydrogen-bond acceptors (Lipinski definition) is 6. The van der Waals surface area contributed by atoms with E-state index in [0.29, 0.717) is 19.3 Å². The summed E-state index contributed by atoms with van der Waals surface area (Å²) in [6.07, 6.45) is 52.1. The fourth-order valence-electron chi connectivity index (χ4n) is 7.61. The predicted molar refractivity (Wildman–Crippen MR) is 247 cm³/mol. The fourth-order valence-corrected chi connectivity index (χ4v) is 7.61. The van der Waals surface area contributed by atoms with Crippen LogP contribution in [0.4, 0.5) is 0 Å². The van der Waals surface area contributed by atoms with Crippen molar-refractivity contribution in [2.75, 3.05) is 13.2 Å². The quantitative estimate of drug-likeness (QED) is 0.0263. The molecular weight excluding hydrogens is 721 g/mol. The lowest BCUT2D eigenvalue weighted by Crippen LogP contribution is -2.30. The van der Waals surface area contributed by atoms with Crippen LogP contribution in [0.2, 0.25) is 0 Å².